The van der Waals surface area contributed by atoms with Gasteiger partial charge in [-0.2, -0.15) is 0 Å². The lowest BCUT2D eigenvalue weighted by Gasteiger charge is -2.18. The van der Waals surface area contributed by atoms with Crippen LogP contribution in [0.4, 0.5) is 16.4 Å². The molecule has 1 atom stereocenters. The maximum atomic E-state index is 11.8. The molecule has 108 valence electrons. The van der Waals surface area contributed by atoms with E-state index in [0.29, 0.717) is 0 Å². The number of hydrogen-bond donors (Lipinski definition) is 1. The Hall–Kier alpha value is -3.07. The van der Waals surface area contributed by atoms with Crippen LogP contribution in [0.25, 0.3) is 10.4 Å². The molecule has 2 aliphatic rings. The third-order valence-corrected chi connectivity index (χ3v) is 2.82. The summed E-state index contributed by atoms with van der Waals surface area (Å²) in [4.78, 5) is 35.0. The van der Waals surface area contributed by atoms with Crippen molar-refractivity contribution in [3.8, 4) is 5.88 Å². The second kappa shape index (κ2) is 5.13. The van der Waals surface area contributed by atoms with Crippen LogP contribution in [0.15, 0.2) is 11.3 Å². The van der Waals surface area contributed by atoms with Gasteiger partial charge in [-0.1, -0.05) is 5.11 Å². The zero-order valence-corrected chi connectivity index (χ0v) is 10.6. The van der Waals surface area contributed by atoms with Gasteiger partial charge in [-0.3, -0.25) is 9.69 Å². The Morgan fingerprint density at radius 2 is 2.43 bits per heavy atom. The second-order valence-corrected chi connectivity index (χ2v) is 4.25. The highest BCUT2D eigenvalue weighted by atomic mass is 16.6. The van der Waals surface area contributed by atoms with Gasteiger partial charge in [0.15, 0.2) is 18.2 Å². The third-order valence-electron chi connectivity index (χ3n) is 2.82. The number of carbonyl (C=O) groups excluding carboxylic acids is 2. The normalized spacial score (nSPS) is 20.0. The van der Waals surface area contributed by atoms with Crippen molar-refractivity contribution < 1.29 is 19.1 Å². The number of rotatable bonds is 3. The molecule has 1 N–H and O–H groups in total. The quantitative estimate of drug-likeness (QED) is 0.486. The number of fused-ring (bicyclic) bond motifs is 1. The van der Waals surface area contributed by atoms with Gasteiger partial charge < -0.3 is 14.8 Å². The van der Waals surface area contributed by atoms with Crippen LogP contribution in [0.2, 0.25) is 0 Å². The van der Waals surface area contributed by atoms with Crippen LogP contribution in [0.5, 0.6) is 5.88 Å². The SMILES string of the molecule is [N-]=[N+]=NC[C@@H]1CN(c2cnc3c(n2)NC(=O)CO3)C(=O)O1. The molecule has 3 rings (SSSR count). The average Bonchev–Trinajstić information content (AvgIpc) is 2.85. The first-order valence-electron chi connectivity index (χ1n) is 5.96. The smallest absolute Gasteiger partial charge is 0.415 e. The number of aromatic nitrogens is 2. The van der Waals surface area contributed by atoms with Crippen LogP contribution in [0.3, 0.4) is 0 Å². The second-order valence-electron chi connectivity index (χ2n) is 4.25. The molecular formula is C10H9N7O4. The van der Waals surface area contributed by atoms with Crippen molar-refractivity contribution in [2.75, 3.05) is 29.9 Å². The summed E-state index contributed by atoms with van der Waals surface area (Å²) < 4.78 is 10.1. The number of anilines is 2. The molecule has 0 saturated carbocycles. The van der Waals surface area contributed by atoms with Gasteiger partial charge in [-0.15, -0.1) is 0 Å². The lowest BCUT2D eigenvalue weighted by molar-refractivity contribution is -0.118. The number of carbonyl (C=O) groups is 2. The van der Waals surface area contributed by atoms with Gasteiger partial charge in [0, 0.05) is 4.91 Å². The van der Waals surface area contributed by atoms with Crippen LogP contribution in [0.1, 0.15) is 0 Å². The van der Waals surface area contributed by atoms with Crippen LogP contribution in [0, 0.1) is 0 Å². The zero-order valence-electron chi connectivity index (χ0n) is 10.6. The molecule has 0 radical (unpaired) electrons. The number of nitrogens with zero attached hydrogens (tertiary/aromatic N) is 6. The lowest BCUT2D eigenvalue weighted by atomic mass is 10.3. The molecule has 11 heteroatoms. The Kier molecular flexibility index (Phi) is 3.16. The molecule has 0 bridgehead atoms. The predicted molar refractivity (Wildman–Crippen MR) is 67.8 cm³/mol. The number of ether oxygens (including phenoxy) is 2. The maximum absolute atomic E-state index is 11.8. The molecule has 1 aromatic heterocycles. The summed E-state index contributed by atoms with van der Waals surface area (Å²) in [5, 5.41) is 5.86. The van der Waals surface area contributed by atoms with E-state index in [1.54, 1.807) is 0 Å². The van der Waals surface area contributed by atoms with Crippen LogP contribution < -0.4 is 15.0 Å². The van der Waals surface area contributed by atoms with Gasteiger partial charge in [-0.05, 0) is 5.53 Å². The third kappa shape index (κ3) is 2.49. The zero-order chi connectivity index (χ0) is 14.8. The molecule has 1 fully saturated rings. The monoisotopic (exact) mass is 291 g/mol. The maximum Gasteiger partial charge on any atom is 0.415 e. The van der Waals surface area contributed by atoms with Crippen molar-refractivity contribution in [3.63, 3.8) is 0 Å². The van der Waals surface area contributed by atoms with E-state index < -0.39 is 12.2 Å². The van der Waals surface area contributed by atoms with E-state index >= 15 is 0 Å². The summed E-state index contributed by atoms with van der Waals surface area (Å²) in [6.07, 6.45) is 0.176. The number of nitrogens with one attached hydrogen (secondary N) is 1. The molecule has 11 nitrogen and oxygen atoms in total. The minimum absolute atomic E-state index is 0.0386. The molecule has 0 aromatic carbocycles. The molecule has 3 heterocycles. The molecule has 2 amide bonds. The molecule has 1 aromatic rings. The van der Waals surface area contributed by atoms with E-state index in [1.807, 2.05) is 0 Å². The van der Waals surface area contributed by atoms with Crippen molar-refractivity contribution in [1.29, 1.82) is 0 Å². The topological polar surface area (TPSA) is 142 Å². The Morgan fingerprint density at radius 1 is 1.57 bits per heavy atom. The molecule has 2 aliphatic heterocycles. The van der Waals surface area contributed by atoms with E-state index in [9.17, 15) is 9.59 Å². The molecule has 0 unspecified atom stereocenters. The van der Waals surface area contributed by atoms with Crippen LogP contribution in [-0.4, -0.2) is 47.8 Å². The summed E-state index contributed by atoms with van der Waals surface area (Å²) in [6, 6.07) is 0. The van der Waals surface area contributed by atoms with Crippen molar-refractivity contribution in [3.05, 3.63) is 16.6 Å². The summed E-state index contributed by atoms with van der Waals surface area (Å²) >= 11 is 0. The van der Waals surface area contributed by atoms with Gasteiger partial charge in [-0.25, -0.2) is 14.8 Å². The first-order chi connectivity index (χ1) is 10.2. The molecular weight excluding hydrogens is 282 g/mol. The van der Waals surface area contributed by atoms with E-state index in [1.165, 1.54) is 11.1 Å². The van der Waals surface area contributed by atoms with Gasteiger partial charge in [0.2, 0.25) is 0 Å². The first-order valence-corrected chi connectivity index (χ1v) is 5.96. The number of cyclic esters (lactones) is 1. The highest BCUT2D eigenvalue weighted by Gasteiger charge is 2.33. The van der Waals surface area contributed by atoms with Crippen molar-refractivity contribution in [2.24, 2.45) is 5.11 Å². The summed E-state index contributed by atoms with van der Waals surface area (Å²) in [7, 11) is 0. The Morgan fingerprint density at radius 3 is 3.24 bits per heavy atom. The van der Waals surface area contributed by atoms with Crippen molar-refractivity contribution in [1.82, 2.24) is 9.97 Å². The fourth-order valence-electron chi connectivity index (χ4n) is 1.92. The Bertz CT molecular complexity index is 657. The minimum atomic E-state index is -0.620. The van der Waals surface area contributed by atoms with E-state index in [4.69, 9.17) is 15.0 Å². The summed E-state index contributed by atoms with van der Waals surface area (Å²) in [6.45, 7) is 0.0953. The van der Waals surface area contributed by atoms with Gasteiger partial charge in [0.05, 0.1) is 19.3 Å². The van der Waals surface area contributed by atoms with E-state index in [0.717, 1.165) is 0 Å². The first kappa shape index (κ1) is 12.9. The molecule has 21 heavy (non-hydrogen) atoms. The Labute approximate surface area is 117 Å². The van der Waals surface area contributed by atoms with Crippen molar-refractivity contribution >= 4 is 23.6 Å². The fourth-order valence-corrected chi connectivity index (χ4v) is 1.92. The molecule has 0 spiro atoms. The minimum Gasteiger partial charge on any atom is -0.465 e. The highest BCUT2D eigenvalue weighted by Crippen LogP contribution is 2.27. The number of amides is 2. The largest absolute Gasteiger partial charge is 0.465 e. The van der Waals surface area contributed by atoms with Gasteiger partial charge in [0.25, 0.3) is 11.8 Å². The summed E-state index contributed by atoms with van der Waals surface area (Å²) in [5.41, 5.74) is 8.26. The van der Waals surface area contributed by atoms with Crippen LogP contribution >= 0.6 is 0 Å². The molecule has 1 saturated heterocycles. The van der Waals surface area contributed by atoms with Crippen LogP contribution in [-0.2, 0) is 9.53 Å². The summed E-state index contributed by atoms with van der Waals surface area (Å²) in [5.74, 6) is 0.207. The standard InChI is InChI=1S/C10H9N7O4/c11-16-13-1-5-3-17(10(19)21-5)6-2-12-9-8(14-6)15-7(18)4-20-9/h2,5H,1,3-4H2,(H,14,15,18)/t5-/m1/s1. The van der Waals surface area contributed by atoms with Gasteiger partial charge in [0.1, 0.15) is 6.10 Å². The van der Waals surface area contributed by atoms with E-state index in [2.05, 4.69) is 25.3 Å². The predicted octanol–water partition coefficient (Wildman–Crippen LogP) is 0.443. The highest BCUT2D eigenvalue weighted by molar-refractivity contribution is 5.94. The number of azide groups is 1. The Balaban J connectivity index is 1.81. The lowest BCUT2D eigenvalue weighted by Crippen LogP contribution is -2.30. The van der Waals surface area contributed by atoms with Gasteiger partial charge >= 0.3 is 6.09 Å². The van der Waals surface area contributed by atoms with E-state index in [-0.39, 0.29) is 43.1 Å². The average molecular weight is 291 g/mol. The van der Waals surface area contributed by atoms with Crippen molar-refractivity contribution in [2.45, 2.75) is 6.10 Å². The fraction of sp³-hybridized carbons (Fsp3) is 0.400. The molecule has 0 aliphatic carbocycles. The number of hydrogen-bond acceptors (Lipinski definition) is 7.